The van der Waals surface area contributed by atoms with Gasteiger partial charge in [0.25, 0.3) is 0 Å². The molecule has 0 heterocycles. The number of nitrogens with one attached hydrogen (secondary N) is 1. The topological polar surface area (TPSA) is 64.6 Å². The lowest BCUT2D eigenvalue weighted by molar-refractivity contribution is -0.111. The molecule has 3 atom stereocenters. The first-order chi connectivity index (χ1) is 9.00. The molecule has 1 N–H and O–H groups in total. The van der Waals surface area contributed by atoms with E-state index < -0.39 is 11.7 Å². The maximum absolute atomic E-state index is 11.8. The summed E-state index contributed by atoms with van der Waals surface area (Å²) in [6.45, 7) is 11.3. The smallest absolute Gasteiger partial charge is 0.407 e. The molecule has 1 aliphatic carbocycles. The van der Waals surface area contributed by atoms with Crippen LogP contribution in [0, 0.1) is 5.92 Å². The number of carbonyl (C=O) groups excluding carboxylic acids is 2. The summed E-state index contributed by atoms with van der Waals surface area (Å²) in [6.07, 6.45) is 1.56. The average Bonchev–Trinajstić information content (AvgIpc) is 2.55. The van der Waals surface area contributed by atoms with Crippen LogP contribution in [0.5, 0.6) is 0 Å². The fourth-order valence-corrected chi connectivity index (χ4v) is 2.34. The molecule has 0 unspecified atom stereocenters. The van der Waals surface area contributed by atoms with Crippen LogP contribution in [-0.4, -0.2) is 35.7 Å². The predicted octanol–water partition coefficient (Wildman–Crippen LogP) is 2.67. The van der Waals surface area contributed by atoms with Gasteiger partial charge in [0.05, 0.1) is 17.7 Å². The largest absolute Gasteiger partial charge is 0.444 e. The Morgan fingerprint density at radius 2 is 1.70 bits per heavy atom. The van der Waals surface area contributed by atoms with Crippen molar-refractivity contribution in [2.24, 2.45) is 5.92 Å². The number of hydrogen-bond donors (Lipinski definition) is 1. The van der Waals surface area contributed by atoms with Gasteiger partial charge >= 0.3 is 6.09 Å². The molecule has 5 nitrogen and oxygen atoms in total. The molecule has 0 bridgehead atoms. The zero-order chi connectivity index (χ0) is 15.6. The second kappa shape index (κ2) is 6.12. The highest BCUT2D eigenvalue weighted by Gasteiger charge is 2.38. The van der Waals surface area contributed by atoms with E-state index in [-0.39, 0.29) is 23.7 Å². The van der Waals surface area contributed by atoms with Crippen molar-refractivity contribution in [2.75, 3.05) is 0 Å². The van der Waals surface area contributed by atoms with Crippen LogP contribution in [0.1, 0.15) is 54.4 Å². The van der Waals surface area contributed by atoms with Gasteiger partial charge in [0.15, 0.2) is 0 Å². The highest BCUT2D eigenvalue weighted by Crippen LogP contribution is 2.30. The lowest BCUT2D eigenvalue weighted by Gasteiger charge is -2.30. The Balaban J connectivity index is 2.64. The van der Waals surface area contributed by atoms with E-state index in [4.69, 9.17) is 9.47 Å². The Morgan fingerprint density at radius 1 is 1.10 bits per heavy atom. The van der Waals surface area contributed by atoms with Crippen LogP contribution in [0.2, 0.25) is 0 Å². The summed E-state index contributed by atoms with van der Waals surface area (Å²) in [5.41, 5.74) is -0.844. The molecule has 20 heavy (non-hydrogen) atoms. The SMILES string of the molecule is CC(C)(C)OC(=O)N[C@@H]1C[C@H](C=O)C[C@@H]1OC(C)(C)C. The molecule has 0 aromatic carbocycles. The van der Waals surface area contributed by atoms with Crippen molar-refractivity contribution >= 4 is 12.4 Å². The maximum atomic E-state index is 11.8. The molecule has 0 aliphatic heterocycles. The summed E-state index contributed by atoms with van der Waals surface area (Å²) in [5, 5.41) is 2.83. The third-order valence-corrected chi connectivity index (χ3v) is 2.94. The van der Waals surface area contributed by atoms with Crippen molar-refractivity contribution in [3.05, 3.63) is 0 Å². The number of amides is 1. The van der Waals surface area contributed by atoms with E-state index in [0.29, 0.717) is 12.8 Å². The molecule has 1 rings (SSSR count). The van der Waals surface area contributed by atoms with E-state index in [0.717, 1.165) is 6.29 Å². The molecular weight excluding hydrogens is 258 g/mol. The minimum atomic E-state index is -0.535. The fraction of sp³-hybridized carbons (Fsp3) is 0.867. The summed E-state index contributed by atoms with van der Waals surface area (Å²) in [5.74, 6) is -0.0673. The summed E-state index contributed by atoms with van der Waals surface area (Å²) in [6, 6.07) is -0.181. The predicted molar refractivity (Wildman–Crippen MR) is 76.6 cm³/mol. The molecule has 116 valence electrons. The highest BCUT2D eigenvalue weighted by molar-refractivity contribution is 5.68. The first kappa shape index (κ1) is 17.0. The summed E-state index contributed by atoms with van der Waals surface area (Å²) in [4.78, 5) is 22.8. The van der Waals surface area contributed by atoms with E-state index in [2.05, 4.69) is 5.32 Å². The van der Waals surface area contributed by atoms with Crippen molar-refractivity contribution < 1.29 is 19.1 Å². The molecule has 0 spiro atoms. The molecule has 0 aromatic rings. The summed E-state index contributed by atoms with van der Waals surface area (Å²) in [7, 11) is 0. The molecule has 0 saturated heterocycles. The van der Waals surface area contributed by atoms with E-state index in [1.807, 2.05) is 41.5 Å². The van der Waals surface area contributed by atoms with Crippen LogP contribution in [0.3, 0.4) is 0 Å². The van der Waals surface area contributed by atoms with Gasteiger partial charge in [-0.1, -0.05) is 0 Å². The minimum Gasteiger partial charge on any atom is -0.444 e. The Labute approximate surface area is 121 Å². The lowest BCUT2D eigenvalue weighted by Crippen LogP contribution is -2.45. The van der Waals surface area contributed by atoms with Crippen molar-refractivity contribution in [1.82, 2.24) is 5.32 Å². The molecule has 1 saturated carbocycles. The lowest BCUT2D eigenvalue weighted by atomic mass is 10.1. The standard InChI is InChI=1S/C15H27NO4/c1-14(2,3)19-12-8-10(9-17)7-11(12)16-13(18)20-15(4,5)6/h9-12H,7-8H2,1-6H3,(H,16,18)/t10-,11+,12-/m0/s1. The van der Waals surface area contributed by atoms with E-state index >= 15 is 0 Å². The van der Waals surface area contributed by atoms with E-state index in [9.17, 15) is 9.59 Å². The highest BCUT2D eigenvalue weighted by atomic mass is 16.6. The van der Waals surface area contributed by atoms with Gasteiger partial charge in [-0.15, -0.1) is 0 Å². The number of rotatable bonds is 3. The van der Waals surface area contributed by atoms with Crippen LogP contribution in [0.15, 0.2) is 0 Å². The quantitative estimate of drug-likeness (QED) is 0.810. The first-order valence-electron chi connectivity index (χ1n) is 7.13. The van der Waals surface area contributed by atoms with Gasteiger partial charge in [-0.05, 0) is 54.4 Å². The monoisotopic (exact) mass is 285 g/mol. The Bertz CT molecular complexity index is 354. The Kier molecular flexibility index (Phi) is 5.19. The van der Waals surface area contributed by atoms with Crippen molar-refractivity contribution in [1.29, 1.82) is 0 Å². The van der Waals surface area contributed by atoms with Crippen LogP contribution in [0.25, 0.3) is 0 Å². The average molecular weight is 285 g/mol. The van der Waals surface area contributed by atoms with Crippen LogP contribution in [0.4, 0.5) is 4.79 Å². The van der Waals surface area contributed by atoms with Crippen molar-refractivity contribution in [3.63, 3.8) is 0 Å². The number of alkyl carbamates (subject to hydrolysis) is 1. The zero-order valence-electron chi connectivity index (χ0n) is 13.4. The van der Waals surface area contributed by atoms with Gasteiger partial charge < -0.3 is 19.6 Å². The normalized spacial score (nSPS) is 27.2. The third-order valence-electron chi connectivity index (χ3n) is 2.94. The van der Waals surface area contributed by atoms with E-state index in [1.54, 1.807) is 0 Å². The third kappa shape index (κ3) is 5.90. The maximum Gasteiger partial charge on any atom is 0.407 e. The number of aldehydes is 1. The van der Waals surface area contributed by atoms with Gasteiger partial charge in [0.2, 0.25) is 0 Å². The molecule has 1 aliphatic rings. The van der Waals surface area contributed by atoms with Gasteiger partial charge in [-0.2, -0.15) is 0 Å². The molecular formula is C15H27NO4. The Morgan fingerprint density at radius 3 is 2.15 bits per heavy atom. The molecule has 0 aromatic heterocycles. The van der Waals surface area contributed by atoms with Gasteiger partial charge in [0, 0.05) is 5.92 Å². The first-order valence-corrected chi connectivity index (χ1v) is 7.13. The second-order valence-corrected chi connectivity index (χ2v) is 7.39. The second-order valence-electron chi connectivity index (χ2n) is 7.39. The number of hydrogen-bond acceptors (Lipinski definition) is 4. The van der Waals surface area contributed by atoms with Gasteiger partial charge in [-0.3, -0.25) is 0 Å². The van der Waals surface area contributed by atoms with Crippen molar-refractivity contribution in [2.45, 2.75) is 77.7 Å². The fourth-order valence-electron chi connectivity index (χ4n) is 2.34. The summed E-state index contributed by atoms with van der Waals surface area (Å²) >= 11 is 0. The molecule has 5 heteroatoms. The molecule has 0 radical (unpaired) electrons. The van der Waals surface area contributed by atoms with Gasteiger partial charge in [0.1, 0.15) is 11.9 Å². The number of ether oxygens (including phenoxy) is 2. The van der Waals surface area contributed by atoms with Gasteiger partial charge in [-0.25, -0.2) is 4.79 Å². The summed E-state index contributed by atoms with van der Waals surface area (Å²) < 4.78 is 11.2. The zero-order valence-corrected chi connectivity index (χ0v) is 13.4. The molecule has 1 fully saturated rings. The Hall–Kier alpha value is -1.10. The van der Waals surface area contributed by atoms with Crippen molar-refractivity contribution in [3.8, 4) is 0 Å². The van der Waals surface area contributed by atoms with Crippen LogP contribution >= 0.6 is 0 Å². The number of carbonyl (C=O) groups is 2. The van der Waals surface area contributed by atoms with Crippen LogP contribution in [-0.2, 0) is 14.3 Å². The molecule has 1 amide bonds. The minimum absolute atomic E-state index is 0.0673. The van der Waals surface area contributed by atoms with Crippen LogP contribution < -0.4 is 5.32 Å². The van der Waals surface area contributed by atoms with E-state index in [1.165, 1.54) is 0 Å².